The van der Waals surface area contributed by atoms with E-state index in [2.05, 4.69) is 11.4 Å². The fourth-order valence-corrected chi connectivity index (χ4v) is 1.73. The third-order valence-electron chi connectivity index (χ3n) is 2.68. The van der Waals surface area contributed by atoms with Crippen LogP contribution in [0.5, 0.6) is 0 Å². The minimum atomic E-state index is -0.218. The van der Waals surface area contributed by atoms with Crippen molar-refractivity contribution in [2.75, 3.05) is 5.32 Å². The number of anilines is 1. The summed E-state index contributed by atoms with van der Waals surface area (Å²) in [5, 5.41) is 11.9. The van der Waals surface area contributed by atoms with Gasteiger partial charge in [0, 0.05) is 17.8 Å². The van der Waals surface area contributed by atoms with Gasteiger partial charge in [0.2, 0.25) is 0 Å². The van der Waals surface area contributed by atoms with Gasteiger partial charge in [-0.05, 0) is 31.2 Å². The number of nitriles is 1. The Labute approximate surface area is 106 Å². The molecule has 0 saturated heterocycles. The predicted octanol–water partition coefficient (Wildman–Crippen LogP) is 3.62. The van der Waals surface area contributed by atoms with Crippen molar-refractivity contribution in [2.24, 2.45) is 0 Å². The molecule has 18 heavy (non-hydrogen) atoms. The van der Waals surface area contributed by atoms with Crippen molar-refractivity contribution in [3.63, 3.8) is 0 Å². The molecule has 0 aliphatic carbocycles. The van der Waals surface area contributed by atoms with Gasteiger partial charge in [-0.25, -0.2) is 4.39 Å². The minimum Gasteiger partial charge on any atom is -0.381 e. The Kier molecular flexibility index (Phi) is 3.59. The van der Waals surface area contributed by atoms with E-state index in [1.807, 2.05) is 19.1 Å². The third-order valence-corrected chi connectivity index (χ3v) is 2.68. The molecule has 0 spiro atoms. The van der Waals surface area contributed by atoms with Gasteiger partial charge in [-0.2, -0.15) is 5.26 Å². The second-order valence-electron chi connectivity index (χ2n) is 4.14. The van der Waals surface area contributed by atoms with Crippen LogP contribution in [0.4, 0.5) is 10.1 Å². The number of nitrogens with zero attached hydrogens (tertiary/aromatic N) is 1. The molecule has 0 bridgehead atoms. The average Bonchev–Trinajstić information content (AvgIpc) is 2.40. The molecule has 0 heterocycles. The van der Waals surface area contributed by atoms with Crippen LogP contribution >= 0.6 is 0 Å². The Morgan fingerprint density at radius 2 is 2.06 bits per heavy atom. The molecule has 2 nitrogen and oxygen atoms in total. The van der Waals surface area contributed by atoms with E-state index in [4.69, 9.17) is 5.26 Å². The zero-order valence-corrected chi connectivity index (χ0v) is 10.1. The molecular formula is C15H13FN2. The molecule has 0 saturated carbocycles. The van der Waals surface area contributed by atoms with Crippen molar-refractivity contribution in [1.29, 1.82) is 5.26 Å². The van der Waals surface area contributed by atoms with E-state index < -0.39 is 0 Å². The van der Waals surface area contributed by atoms with E-state index in [-0.39, 0.29) is 5.82 Å². The number of hydrogen-bond acceptors (Lipinski definition) is 2. The maximum absolute atomic E-state index is 13.5. The largest absolute Gasteiger partial charge is 0.381 e. The lowest BCUT2D eigenvalue weighted by Crippen LogP contribution is -2.02. The quantitative estimate of drug-likeness (QED) is 0.889. The first-order chi connectivity index (χ1) is 8.69. The second-order valence-corrected chi connectivity index (χ2v) is 4.14. The summed E-state index contributed by atoms with van der Waals surface area (Å²) in [6.07, 6.45) is 0. The molecule has 0 atom stereocenters. The lowest BCUT2D eigenvalue weighted by molar-refractivity contribution is 0.612. The highest BCUT2D eigenvalue weighted by Crippen LogP contribution is 2.14. The van der Waals surface area contributed by atoms with Crippen LogP contribution in [-0.2, 0) is 6.54 Å². The molecule has 0 aromatic heterocycles. The minimum absolute atomic E-state index is 0.218. The topological polar surface area (TPSA) is 35.8 Å². The normalized spacial score (nSPS) is 9.83. The molecule has 3 heteroatoms. The predicted molar refractivity (Wildman–Crippen MR) is 69.6 cm³/mol. The van der Waals surface area contributed by atoms with Crippen LogP contribution in [0.2, 0.25) is 0 Å². The van der Waals surface area contributed by atoms with Crippen LogP contribution in [0.1, 0.15) is 16.7 Å². The first kappa shape index (κ1) is 12.1. The van der Waals surface area contributed by atoms with Crippen LogP contribution in [0, 0.1) is 24.1 Å². The van der Waals surface area contributed by atoms with Gasteiger partial charge >= 0.3 is 0 Å². The Balaban J connectivity index is 2.11. The standard InChI is InChI=1S/C15H13FN2/c1-11-5-6-15(16)13(7-11)10-18-14-4-2-3-12(8-14)9-17/h2-8,18H,10H2,1H3. The summed E-state index contributed by atoms with van der Waals surface area (Å²) >= 11 is 0. The summed E-state index contributed by atoms with van der Waals surface area (Å²) in [4.78, 5) is 0. The lowest BCUT2D eigenvalue weighted by Gasteiger charge is -2.08. The van der Waals surface area contributed by atoms with Gasteiger partial charge in [0.1, 0.15) is 5.82 Å². The van der Waals surface area contributed by atoms with Crippen molar-refractivity contribution < 1.29 is 4.39 Å². The van der Waals surface area contributed by atoms with Gasteiger partial charge < -0.3 is 5.32 Å². The molecule has 0 radical (unpaired) electrons. The second kappa shape index (κ2) is 5.33. The maximum Gasteiger partial charge on any atom is 0.128 e. The lowest BCUT2D eigenvalue weighted by atomic mass is 10.1. The summed E-state index contributed by atoms with van der Waals surface area (Å²) in [6, 6.07) is 14.2. The van der Waals surface area contributed by atoms with Crippen molar-refractivity contribution in [3.8, 4) is 6.07 Å². The third kappa shape index (κ3) is 2.86. The van der Waals surface area contributed by atoms with E-state index >= 15 is 0 Å². The summed E-state index contributed by atoms with van der Waals surface area (Å²) in [5.74, 6) is -0.218. The molecule has 0 fully saturated rings. The SMILES string of the molecule is Cc1ccc(F)c(CNc2cccc(C#N)c2)c1. The Morgan fingerprint density at radius 3 is 2.83 bits per heavy atom. The summed E-state index contributed by atoms with van der Waals surface area (Å²) in [7, 11) is 0. The number of rotatable bonds is 3. The highest BCUT2D eigenvalue weighted by atomic mass is 19.1. The van der Waals surface area contributed by atoms with Crippen molar-refractivity contribution >= 4 is 5.69 Å². The van der Waals surface area contributed by atoms with Gasteiger partial charge in [0.15, 0.2) is 0 Å². The molecule has 0 aliphatic rings. The zero-order chi connectivity index (χ0) is 13.0. The Hall–Kier alpha value is -2.34. The van der Waals surface area contributed by atoms with Crippen LogP contribution in [0.3, 0.4) is 0 Å². The van der Waals surface area contributed by atoms with Gasteiger partial charge in [-0.3, -0.25) is 0 Å². The van der Waals surface area contributed by atoms with Gasteiger partial charge in [0.25, 0.3) is 0 Å². The van der Waals surface area contributed by atoms with Crippen molar-refractivity contribution in [3.05, 3.63) is 65.0 Å². The molecule has 0 aliphatic heterocycles. The number of aryl methyl sites for hydroxylation is 1. The maximum atomic E-state index is 13.5. The fourth-order valence-electron chi connectivity index (χ4n) is 1.73. The molecule has 2 aromatic carbocycles. The van der Waals surface area contributed by atoms with Crippen LogP contribution < -0.4 is 5.32 Å². The average molecular weight is 240 g/mol. The number of nitrogens with one attached hydrogen (secondary N) is 1. The summed E-state index contributed by atoms with van der Waals surface area (Å²) in [6.45, 7) is 2.33. The summed E-state index contributed by atoms with van der Waals surface area (Å²) < 4.78 is 13.5. The van der Waals surface area contributed by atoms with E-state index in [9.17, 15) is 4.39 Å². The van der Waals surface area contributed by atoms with Gasteiger partial charge in [-0.1, -0.05) is 23.8 Å². The van der Waals surface area contributed by atoms with Crippen LogP contribution in [-0.4, -0.2) is 0 Å². The molecule has 0 unspecified atom stereocenters. The Bertz CT molecular complexity index is 600. The number of hydrogen-bond donors (Lipinski definition) is 1. The number of benzene rings is 2. The van der Waals surface area contributed by atoms with Gasteiger partial charge in [-0.15, -0.1) is 0 Å². The van der Waals surface area contributed by atoms with E-state index in [0.29, 0.717) is 17.7 Å². The van der Waals surface area contributed by atoms with E-state index in [0.717, 1.165) is 11.3 Å². The molecule has 90 valence electrons. The molecule has 2 aromatic rings. The summed E-state index contributed by atoms with van der Waals surface area (Å²) in [5.41, 5.74) is 3.05. The van der Waals surface area contributed by atoms with Crippen LogP contribution in [0.15, 0.2) is 42.5 Å². The zero-order valence-electron chi connectivity index (χ0n) is 10.1. The highest BCUT2D eigenvalue weighted by molar-refractivity contribution is 5.49. The first-order valence-corrected chi connectivity index (χ1v) is 5.68. The van der Waals surface area contributed by atoms with Crippen molar-refractivity contribution in [2.45, 2.75) is 13.5 Å². The first-order valence-electron chi connectivity index (χ1n) is 5.68. The van der Waals surface area contributed by atoms with E-state index in [1.165, 1.54) is 6.07 Å². The fraction of sp³-hybridized carbons (Fsp3) is 0.133. The molecular weight excluding hydrogens is 227 g/mol. The molecule has 0 amide bonds. The van der Waals surface area contributed by atoms with Gasteiger partial charge in [0.05, 0.1) is 11.6 Å². The number of halogens is 1. The van der Waals surface area contributed by atoms with Crippen molar-refractivity contribution in [1.82, 2.24) is 0 Å². The molecule has 2 rings (SSSR count). The van der Waals surface area contributed by atoms with E-state index in [1.54, 1.807) is 24.3 Å². The molecule has 1 N–H and O–H groups in total. The van der Waals surface area contributed by atoms with Crippen LogP contribution in [0.25, 0.3) is 0 Å². The smallest absolute Gasteiger partial charge is 0.128 e. The Morgan fingerprint density at radius 1 is 1.22 bits per heavy atom. The monoisotopic (exact) mass is 240 g/mol. The highest BCUT2D eigenvalue weighted by Gasteiger charge is 2.02.